The number of methoxy groups -OCH3 is 1. The molecule has 0 aliphatic heterocycles. The maximum Gasteiger partial charge on any atom is 0.134 e. The molecule has 0 atom stereocenters. The Morgan fingerprint density at radius 1 is 0.622 bits per heavy atom. The smallest absolute Gasteiger partial charge is 0.134 e. The third-order valence-electron chi connectivity index (χ3n) is 6.37. The second kappa shape index (κ2) is 11.9. The SMILES string of the molecule is CCCCCc1ccc(-c2ccc(-c3ccc(-c4cc(F)c(/C=C/OC)c(F)c4)c(F)c3)c(F)c2)cc1. The van der Waals surface area contributed by atoms with Gasteiger partial charge in [0.2, 0.25) is 0 Å². The van der Waals surface area contributed by atoms with Crippen LogP contribution in [0.5, 0.6) is 0 Å². The molecule has 190 valence electrons. The molecular formula is C32H28F4O. The zero-order chi connectivity index (χ0) is 26.4. The summed E-state index contributed by atoms with van der Waals surface area (Å²) in [6.45, 7) is 2.17. The normalized spacial score (nSPS) is 11.3. The third-order valence-corrected chi connectivity index (χ3v) is 6.37. The number of halogens is 4. The second-order valence-electron chi connectivity index (χ2n) is 8.94. The van der Waals surface area contributed by atoms with E-state index in [2.05, 4.69) is 19.1 Å². The first-order chi connectivity index (χ1) is 17.9. The fraction of sp³-hybridized carbons (Fsp3) is 0.188. The van der Waals surface area contributed by atoms with Gasteiger partial charge in [0, 0.05) is 16.7 Å². The van der Waals surface area contributed by atoms with Crippen molar-refractivity contribution in [3.63, 3.8) is 0 Å². The minimum Gasteiger partial charge on any atom is -0.504 e. The van der Waals surface area contributed by atoms with Gasteiger partial charge in [0.25, 0.3) is 0 Å². The molecule has 0 N–H and O–H groups in total. The molecule has 0 fully saturated rings. The van der Waals surface area contributed by atoms with Crippen LogP contribution in [0.4, 0.5) is 17.6 Å². The minimum absolute atomic E-state index is 0.0138. The van der Waals surface area contributed by atoms with Gasteiger partial charge in [-0.15, -0.1) is 0 Å². The second-order valence-corrected chi connectivity index (χ2v) is 8.94. The summed E-state index contributed by atoms with van der Waals surface area (Å²) in [5, 5.41) is 0. The highest BCUT2D eigenvalue weighted by atomic mass is 19.1. The maximum absolute atomic E-state index is 15.1. The van der Waals surface area contributed by atoms with E-state index in [1.165, 1.54) is 49.8 Å². The Morgan fingerprint density at radius 2 is 1.16 bits per heavy atom. The number of benzene rings is 4. The molecule has 0 heterocycles. The summed E-state index contributed by atoms with van der Waals surface area (Å²) in [6.07, 6.45) is 6.85. The molecule has 0 unspecified atom stereocenters. The molecule has 0 bridgehead atoms. The predicted molar refractivity (Wildman–Crippen MR) is 142 cm³/mol. The van der Waals surface area contributed by atoms with E-state index in [0.29, 0.717) is 5.56 Å². The van der Waals surface area contributed by atoms with Crippen LogP contribution in [0.1, 0.15) is 37.3 Å². The Hall–Kier alpha value is -3.86. The number of hydrogen-bond donors (Lipinski definition) is 0. The number of aryl methyl sites for hydroxylation is 1. The molecule has 0 aliphatic carbocycles. The Labute approximate surface area is 215 Å². The summed E-state index contributed by atoms with van der Waals surface area (Å²) in [5.74, 6) is -2.88. The van der Waals surface area contributed by atoms with Crippen LogP contribution in [-0.4, -0.2) is 7.11 Å². The summed E-state index contributed by atoms with van der Waals surface area (Å²) in [4.78, 5) is 0. The van der Waals surface area contributed by atoms with Crippen LogP contribution in [0.2, 0.25) is 0 Å². The summed E-state index contributed by atoms with van der Waals surface area (Å²) < 4.78 is 63.6. The van der Waals surface area contributed by atoms with Crippen molar-refractivity contribution >= 4 is 6.08 Å². The fourth-order valence-corrected chi connectivity index (χ4v) is 4.32. The quantitative estimate of drug-likeness (QED) is 0.125. The van der Waals surface area contributed by atoms with Gasteiger partial charge in [0.15, 0.2) is 0 Å². The molecule has 0 spiro atoms. The van der Waals surface area contributed by atoms with Gasteiger partial charge in [-0.05, 0) is 71.0 Å². The molecule has 1 nitrogen and oxygen atoms in total. The van der Waals surface area contributed by atoms with Crippen molar-refractivity contribution in [3.8, 4) is 33.4 Å². The number of unbranched alkanes of at least 4 members (excludes halogenated alkanes) is 2. The van der Waals surface area contributed by atoms with Gasteiger partial charge in [-0.2, -0.15) is 0 Å². The Balaban J connectivity index is 1.57. The average Bonchev–Trinajstić information content (AvgIpc) is 2.88. The Kier molecular flexibility index (Phi) is 8.44. The highest BCUT2D eigenvalue weighted by Crippen LogP contribution is 2.33. The van der Waals surface area contributed by atoms with E-state index in [9.17, 15) is 8.78 Å². The van der Waals surface area contributed by atoms with Crippen molar-refractivity contribution in [1.82, 2.24) is 0 Å². The van der Waals surface area contributed by atoms with Crippen LogP contribution in [0.3, 0.4) is 0 Å². The highest BCUT2D eigenvalue weighted by molar-refractivity contribution is 5.75. The van der Waals surface area contributed by atoms with E-state index >= 15 is 8.78 Å². The van der Waals surface area contributed by atoms with E-state index in [1.807, 2.05) is 12.1 Å². The largest absolute Gasteiger partial charge is 0.504 e. The molecule has 0 aromatic heterocycles. The van der Waals surface area contributed by atoms with Crippen LogP contribution in [0, 0.1) is 23.3 Å². The fourth-order valence-electron chi connectivity index (χ4n) is 4.32. The van der Waals surface area contributed by atoms with E-state index in [-0.39, 0.29) is 22.3 Å². The zero-order valence-corrected chi connectivity index (χ0v) is 20.8. The van der Waals surface area contributed by atoms with Gasteiger partial charge in [0.1, 0.15) is 23.3 Å². The molecule has 0 radical (unpaired) electrons. The first-order valence-corrected chi connectivity index (χ1v) is 12.3. The lowest BCUT2D eigenvalue weighted by atomic mass is 9.96. The van der Waals surface area contributed by atoms with Crippen LogP contribution >= 0.6 is 0 Å². The Bertz CT molecular complexity index is 1380. The molecule has 4 aromatic carbocycles. The lowest BCUT2D eigenvalue weighted by Crippen LogP contribution is -1.94. The van der Waals surface area contributed by atoms with Crippen molar-refractivity contribution < 1.29 is 22.3 Å². The molecule has 0 amide bonds. The standard InChI is InChI=1S/C32H28F4O/c1-3-4-5-6-21-7-9-22(10-8-21)23-11-13-26(29(33)17-23)24-12-14-27(30(34)18-24)25-19-31(35)28(15-16-37-2)32(36)20-25/h7-20H,3-6H2,1-2H3/b16-15+. The van der Waals surface area contributed by atoms with Gasteiger partial charge in [-0.3, -0.25) is 0 Å². The number of hydrogen-bond acceptors (Lipinski definition) is 1. The molecule has 4 rings (SSSR count). The van der Waals surface area contributed by atoms with Crippen LogP contribution in [0.25, 0.3) is 39.5 Å². The van der Waals surface area contributed by atoms with Crippen molar-refractivity contribution in [2.45, 2.75) is 32.6 Å². The molecule has 4 aromatic rings. The van der Waals surface area contributed by atoms with Crippen LogP contribution in [-0.2, 0) is 11.2 Å². The predicted octanol–water partition coefficient (Wildman–Crippen LogP) is 9.59. The van der Waals surface area contributed by atoms with Gasteiger partial charge in [-0.25, -0.2) is 17.6 Å². The number of rotatable bonds is 9. The van der Waals surface area contributed by atoms with Crippen molar-refractivity contribution in [2.24, 2.45) is 0 Å². The topological polar surface area (TPSA) is 9.23 Å². The maximum atomic E-state index is 15.1. The van der Waals surface area contributed by atoms with Crippen LogP contribution in [0.15, 0.2) is 79.1 Å². The Morgan fingerprint density at radius 3 is 1.76 bits per heavy atom. The monoisotopic (exact) mass is 504 g/mol. The van der Waals surface area contributed by atoms with Gasteiger partial charge in [-0.1, -0.05) is 68.3 Å². The molecule has 0 saturated heterocycles. The van der Waals surface area contributed by atoms with Gasteiger partial charge < -0.3 is 4.74 Å². The van der Waals surface area contributed by atoms with Crippen molar-refractivity contribution in [3.05, 3.63) is 113 Å². The summed E-state index contributed by atoms with van der Waals surface area (Å²) in [7, 11) is 1.36. The first-order valence-electron chi connectivity index (χ1n) is 12.3. The van der Waals surface area contributed by atoms with Crippen molar-refractivity contribution in [2.75, 3.05) is 7.11 Å². The summed E-state index contributed by atoms with van der Waals surface area (Å²) >= 11 is 0. The molecule has 5 heteroatoms. The number of ether oxygens (including phenoxy) is 1. The van der Waals surface area contributed by atoms with E-state index < -0.39 is 23.3 Å². The van der Waals surface area contributed by atoms with E-state index in [1.54, 1.807) is 12.1 Å². The molecule has 37 heavy (non-hydrogen) atoms. The minimum atomic E-state index is -0.845. The van der Waals surface area contributed by atoms with Gasteiger partial charge >= 0.3 is 0 Å². The van der Waals surface area contributed by atoms with Gasteiger partial charge in [0.05, 0.1) is 13.4 Å². The molecular weight excluding hydrogens is 476 g/mol. The first kappa shape index (κ1) is 26.2. The van der Waals surface area contributed by atoms with Crippen LogP contribution < -0.4 is 0 Å². The summed E-state index contributed by atoms with van der Waals surface area (Å²) in [6, 6.07) is 19.2. The zero-order valence-electron chi connectivity index (χ0n) is 20.8. The summed E-state index contributed by atoms with van der Waals surface area (Å²) in [5.41, 5.74) is 3.23. The molecule has 0 aliphatic rings. The van der Waals surface area contributed by atoms with E-state index in [4.69, 9.17) is 4.74 Å². The lowest BCUT2D eigenvalue weighted by Gasteiger charge is -2.11. The van der Waals surface area contributed by atoms with E-state index in [0.717, 1.165) is 48.4 Å². The highest BCUT2D eigenvalue weighted by Gasteiger charge is 2.15. The molecule has 0 saturated carbocycles. The third kappa shape index (κ3) is 6.11. The van der Waals surface area contributed by atoms with Crippen molar-refractivity contribution in [1.29, 1.82) is 0 Å². The average molecular weight is 505 g/mol. The lowest BCUT2D eigenvalue weighted by molar-refractivity contribution is 0.341.